The van der Waals surface area contributed by atoms with Crippen LogP contribution in [-0.4, -0.2) is 28.9 Å². The van der Waals surface area contributed by atoms with Crippen LogP contribution in [0.15, 0.2) is 66.5 Å². The molecule has 4 rings (SSSR count). The van der Waals surface area contributed by atoms with Gasteiger partial charge in [-0.05, 0) is 54.4 Å². The molecule has 32 heavy (non-hydrogen) atoms. The highest BCUT2D eigenvalue weighted by atomic mass is 19.1. The molecule has 0 aliphatic carbocycles. The van der Waals surface area contributed by atoms with Crippen molar-refractivity contribution in [1.82, 2.24) is 4.98 Å². The maximum Gasteiger partial charge on any atom is 0.300 e. The molecule has 2 aromatic carbocycles. The summed E-state index contributed by atoms with van der Waals surface area (Å²) in [5.41, 5.74) is 0.652. The summed E-state index contributed by atoms with van der Waals surface area (Å²) in [5, 5.41) is 11.1. The number of aliphatic hydroxyl groups is 1. The van der Waals surface area contributed by atoms with E-state index in [1.165, 1.54) is 25.6 Å². The van der Waals surface area contributed by atoms with Gasteiger partial charge < -0.3 is 9.84 Å². The highest BCUT2D eigenvalue weighted by molar-refractivity contribution is 6.51. The molecule has 0 saturated carbocycles. The Kier molecular flexibility index (Phi) is 5.44. The van der Waals surface area contributed by atoms with Gasteiger partial charge in [0, 0.05) is 24.0 Å². The van der Waals surface area contributed by atoms with Crippen molar-refractivity contribution in [2.75, 3.05) is 12.0 Å². The molecule has 1 N–H and O–H groups in total. The van der Waals surface area contributed by atoms with Crippen molar-refractivity contribution in [3.63, 3.8) is 0 Å². The van der Waals surface area contributed by atoms with E-state index >= 15 is 0 Å². The highest BCUT2D eigenvalue weighted by Gasteiger charge is 2.48. The Hall–Kier alpha value is -4.07. The predicted molar refractivity (Wildman–Crippen MR) is 113 cm³/mol. The first-order chi connectivity index (χ1) is 15.3. The minimum absolute atomic E-state index is 0.253. The van der Waals surface area contributed by atoms with Gasteiger partial charge in [0.15, 0.2) is 0 Å². The summed E-state index contributed by atoms with van der Waals surface area (Å²) in [6.07, 6.45) is 2.89. The van der Waals surface area contributed by atoms with Gasteiger partial charge >= 0.3 is 0 Å². The number of amides is 1. The largest absolute Gasteiger partial charge is 0.507 e. The lowest BCUT2D eigenvalue weighted by Gasteiger charge is -2.25. The molecule has 1 atom stereocenters. The van der Waals surface area contributed by atoms with Gasteiger partial charge in [0.2, 0.25) is 0 Å². The van der Waals surface area contributed by atoms with E-state index < -0.39 is 40.8 Å². The van der Waals surface area contributed by atoms with Gasteiger partial charge in [-0.1, -0.05) is 6.07 Å². The number of methoxy groups -OCH3 is 1. The number of halogens is 2. The van der Waals surface area contributed by atoms with Crippen molar-refractivity contribution in [2.24, 2.45) is 0 Å². The molecule has 0 spiro atoms. The molecule has 8 heteroatoms. The van der Waals surface area contributed by atoms with Gasteiger partial charge in [-0.15, -0.1) is 0 Å². The number of hydrogen-bond acceptors (Lipinski definition) is 5. The lowest BCUT2D eigenvalue weighted by Crippen LogP contribution is -2.30. The zero-order valence-electron chi connectivity index (χ0n) is 17.2. The Labute approximate surface area is 182 Å². The molecule has 162 valence electrons. The summed E-state index contributed by atoms with van der Waals surface area (Å²) in [4.78, 5) is 30.8. The summed E-state index contributed by atoms with van der Waals surface area (Å²) < 4.78 is 33.8. The highest BCUT2D eigenvalue weighted by Crippen LogP contribution is 2.43. The second kappa shape index (κ2) is 8.22. The van der Waals surface area contributed by atoms with Crippen molar-refractivity contribution >= 4 is 23.1 Å². The predicted octanol–water partition coefficient (Wildman–Crippen LogP) is 4.30. The van der Waals surface area contributed by atoms with Crippen LogP contribution in [0.3, 0.4) is 0 Å². The monoisotopic (exact) mass is 436 g/mol. The molecular formula is C24H18F2N2O4. The van der Waals surface area contributed by atoms with Crippen LogP contribution in [-0.2, 0) is 9.59 Å². The average Bonchev–Trinajstić information content (AvgIpc) is 3.06. The maximum absolute atomic E-state index is 14.6. The molecule has 1 unspecified atom stereocenters. The minimum Gasteiger partial charge on any atom is -0.507 e. The smallest absolute Gasteiger partial charge is 0.300 e. The first-order valence-electron chi connectivity index (χ1n) is 9.64. The number of hydrogen-bond donors (Lipinski definition) is 1. The standard InChI is InChI=1S/C24H18F2N2O4/c1-13-10-14(5-8-19(13)32-2)22(29)20-21(15-4-3-9-27-12-15)28(24(31)23(20)30)18-11-16(25)6-7-17(18)26/h3-12,21,29H,1-2H3/b22-20+. The summed E-state index contributed by atoms with van der Waals surface area (Å²) in [7, 11) is 1.50. The average molecular weight is 436 g/mol. The third kappa shape index (κ3) is 3.49. The van der Waals surface area contributed by atoms with Crippen LogP contribution in [0.1, 0.15) is 22.7 Å². The topological polar surface area (TPSA) is 79.7 Å². The van der Waals surface area contributed by atoms with Crippen molar-refractivity contribution in [3.8, 4) is 5.75 Å². The van der Waals surface area contributed by atoms with E-state index in [2.05, 4.69) is 4.98 Å². The molecule has 2 heterocycles. The Morgan fingerprint density at radius 1 is 1.12 bits per heavy atom. The zero-order chi connectivity index (χ0) is 23.0. The Balaban J connectivity index is 1.96. The lowest BCUT2D eigenvalue weighted by molar-refractivity contribution is -0.132. The van der Waals surface area contributed by atoms with E-state index in [1.807, 2.05) is 0 Å². The van der Waals surface area contributed by atoms with E-state index in [0.717, 1.165) is 23.1 Å². The Bertz CT molecular complexity index is 1260. The van der Waals surface area contributed by atoms with Crippen LogP contribution in [0.4, 0.5) is 14.5 Å². The molecule has 0 radical (unpaired) electrons. The number of carbonyl (C=O) groups excluding carboxylic acids is 2. The summed E-state index contributed by atoms with van der Waals surface area (Å²) >= 11 is 0. The molecule has 1 aromatic heterocycles. The third-order valence-electron chi connectivity index (χ3n) is 5.28. The van der Waals surface area contributed by atoms with Gasteiger partial charge in [-0.25, -0.2) is 8.78 Å². The quantitative estimate of drug-likeness (QED) is 0.375. The fourth-order valence-electron chi connectivity index (χ4n) is 3.79. The molecule has 1 aliphatic rings. The second-order valence-corrected chi connectivity index (χ2v) is 7.24. The molecule has 3 aromatic rings. The van der Waals surface area contributed by atoms with E-state index in [-0.39, 0.29) is 11.1 Å². The number of nitrogens with zero attached hydrogens (tertiary/aromatic N) is 2. The lowest BCUT2D eigenvalue weighted by atomic mass is 9.95. The van der Waals surface area contributed by atoms with Gasteiger partial charge in [0.05, 0.1) is 24.4 Å². The Morgan fingerprint density at radius 3 is 2.56 bits per heavy atom. The van der Waals surface area contributed by atoms with Crippen LogP contribution in [0.2, 0.25) is 0 Å². The molecule has 6 nitrogen and oxygen atoms in total. The third-order valence-corrected chi connectivity index (χ3v) is 5.28. The van der Waals surface area contributed by atoms with Gasteiger partial charge in [0.25, 0.3) is 11.7 Å². The van der Waals surface area contributed by atoms with Gasteiger partial charge in [-0.2, -0.15) is 0 Å². The van der Waals surface area contributed by atoms with Crippen LogP contribution >= 0.6 is 0 Å². The van der Waals surface area contributed by atoms with Gasteiger partial charge in [0.1, 0.15) is 23.1 Å². The molecule has 1 amide bonds. The zero-order valence-corrected chi connectivity index (χ0v) is 17.2. The molecule has 0 bridgehead atoms. The van der Waals surface area contributed by atoms with Crippen molar-refractivity contribution < 1.29 is 28.2 Å². The van der Waals surface area contributed by atoms with Crippen molar-refractivity contribution in [1.29, 1.82) is 0 Å². The molecule has 1 aliphatic heterocycles. The first kappa shape index (κ1) is 21.2. The van der Waals surface area contributed by atoms with E-state index in [1.54, 1.807) is 31.2 Å². The van der Waals surface area contributed by atoms with Crippen molar-refractivity contribution in [2.45, 2.75) is 13.0 Å². The van der Waals surface area contributed by atoms with Crippen molar-refractivity contribution in [3.05, 3.63) is 94.8 Å². The number of aromatic nitrogens is 1. The van der Waals surface area contributed by atoms with Crippen LogP contribution in [0.25, 0.3) is 5.76 Å². The maximum atomic E-state index is 14.6. The summed E-state index contributed by atoms with van der Waals surface area (Å²) in [6.45, 7) is 1.76. The summed E-state index contributed by atoms with van der Waals surface area (Å²) in [5.74, 6) is -3.64. The molecule has 1 fully saturated rings. The second-order valence-electron chi connectivity index (χ2n) is 7.24. The number of anilines is 1. The number of pyridine rings is 1. The number of ketones is 1. The van der Waals surface area contributed by atoms with Crippen LogP contribution in [0, 0.1) is 18.6 Å². The number of aryl methyl sites for hydroxylation is 1. The van der Waals surface area contributed by atoms with E-state index in [0.29, 0.717) is 16.9 Å². The molecule has 1 saturated heterocycles. The number of rotatable bonds is 4. The normalized spacial score (nSPS) is 17.6. The fraction of sp³-hybridized carbons (Fsp3) is 0.125. The van der Waals surface area contributed by atoms with Gasteiger partial charge in [-0.3, -0.25) is 19.5 Å². The van der Waals surface area contributed by atoms with Crippen LogP contribution < -0.4 is 9.64 Å². The first-order valence-corrected chi connectivity index (χ1v) is 9.64. The number of benzene rings is 2. The minimum atomic E-state index is -1.21. The Morgan fingerprint density at radius 2 is 1.91 bits per heavy atom. The summed E-state index contributed by atoms with van der Waals surface area (Å²) in [6, 6.07) is 9.33. The van der Waals surface area contributed by atoms with E-state index in [9.17, 15) is 23.5 Å². The number of aliphatic hydroxyl groups excluding tert-OH is 1. The number of Topliss-reactive ketones (excluding diaryl/α,β-unsaturated/α-hetero) is 1. The molecular weight excluding hydrogens is 418 g/mol. The van der Waals surface area contributed by atoms with E-state index in [4.69, 9.17) is 4.74 Å². The van der Waals surface area contributed by atoms with Crippen LogP contribution in [0.5, 0.6) is 5.75 Å². The number of carbonyl (C=O) groups is 2. The fourth-order valence-corrected chi connectivity index (χ4v) is 3.79. The SMILES string of the molecule is COc1ccc(/C(O)=C2\C(=O)C(=O)N(c3cc(F)ccc3F)C2c2cccnc2)cc1C. The number of ether oxygens (including phenoxy) is 1.